The van der Waals surface area contributed by atoms with Gasteiger partial charge in [-0.3, -0.25) is 9.69 Å². The molecule has 1 aliphatic carbocycles. The highest BCUT2D eigenvalue weighted by molar-refractivity contribution is 6.34. The molecular weight excluding hydrogens is 440 g/mol. The largest absolute Gasteiger partial charge is 0.448 e. The maximum absolute atomic E-state index is 12.7. The van der Waals surface area contributed by atoms with Gasteiger partial charge in [0.2, 0.25) is 0 Å². The third-order valence-corrected chi connectivity index (χ3v) is 7.35. The Balaban J connectivity index is 0.00000228. The zero-order valence-electron chi connectivity index (χ0n) is 18.5. The summed E-state index contributed by atoms with van der Waals surface area (Å²) in [6.45, 7) is 4.88. The minimum atomic E-state index is -0.281. The third-order valence-electron chi connectivity index (χ3n) is 7.35. The molecule has 4 aliphatic rings. The molecule has 2 aromatic rings. The van der Waals surface area contributed by atoms with Crippen molar-refractivity contribution >= 4 is 41.7 Å². The monoisotopic (exact) mass is 468 g/mol. The van der Waals surface area contributed by atoms with E-state index in [1.165, 1.54) is 38.0 Å². The Morgan fingerprint density at radius 1 is 1.06 bits per heavy atom. The summed E-state index contributed by atoms with van der Waals surface area (Å²) in [7, 11) is 0. The number of nitrogens with one attached hydrogen (secondary N) is 2. The van der Waals surface area contributed by atoms with Gasteiger partial charge in [0.1, 0.15) is 6.61 Å². The van der Waals surface area contributed by atoms with Crippen LogP contribution in [0.2, 0.25) is 0 Å². The van der Waals surface area contributed by atoms with E-state index in [-0.39, 0.29) is 24.4 Å². The lowest BCUT2D eigenvalue weighted by Gasteiger charge is -2.15. The summed E-state index contributed by atoms with van der Waals surface area (Å²) in [4.78, 5) is 32.2. The number of amides is 2. The maximum Gasteiger partial charge on any atom is 0.410 e. The average molecular weight is 469 g/mol. The van der Waals surface area contributed by atoms with Crippen molar-refractivity contribution in [1.29, 1.82) is 0 Å². The highest BCUT2D eigenvalue weighted by Gasteiger charge is 2.36. The number of H-pyrrole nitrogens is 1. The van der Waals surface area contributed by atoms with Crippen molar-refractivity contribution < 1.29 is 14.3 Å². The Morgan fingerprint density at radius 3 is 2.64 bits per heavy atom. The standard InChI is InChI=1S/C25H28N4O3.ClH/c30-24-22(21-10-16(4-7-23(21)27-24)12-29-8-9-32-25(29)31)11-19-5-6-20(26-19)15-28-13-17-2-1-3-18(17)14-28;/h4-7,10-11,17-18,26H,1-3,8-9,12-15H2,(H,27,30);1H/t17-,18+;. The number of anilines is 1. The SMILES string of the molecule is Cl.O=C1Nc2ccc(CN3CCOC3=O)cc2C1=Cc1ccc(CN2C[C@H]3CCC[C@H]3C2)[nH]1. The lowest BCUT2D eigenvalue weighted by atomic mass is 10.0. The highest BCUT2D eigenvalue weighted by atomic mass is 35.5. The molecule has 2 saturated heterocycles. The van der Waals surface area contributed by atoms with E-state index in [9.17, 15) is 9.59 Å². The summed E-state index contributed by atoms with van der Waals surface area (Å²) in [6.07, 6.45) is 5.82. The Hall–Kier alpha value is -2.77. The lowest BCUT2D eigenvalue weighted by molar-refractivity contribution is -0.110. The topological polar surface area (TPSA) is 77.7 Å². The van der Waals surface area contributed by atoms with E-state index in [4.69, 9.17) is 4.74 Å². The van der Waals surface area contributed by atoms with E-state index in [1.807, 2.05) is 24.3 Å². The van der Waals surface area contributed by atoms with Crippen molar-refractivity contribution in [3.63, 3.8) is 0 Å². The van der Waals surface area contributed by atoms with E-state index >= 15 is 0 Å². The van der Waals surface area contributed by atoms with Gasteiger partial charge in [0.15, 0.2) is 0 Å². The first-order valence-corrected chi connectivity index (χ1v) is 11.6. The van der Waals surface area contributed by atoms with E-state index in [2.05, 4.69) is 27.3 Å². The number of rotatable bonds is 5. The quantitative estimate of drug-likeness (QED) is 0.647. The van der Waals surface area contributed by atoms with Crippen LogP contribution in [-0.4, -0.2) is 53.0 Å². The number of fused-ring (bicyclic) bond motifs is 2. The molecule has 8 heteroatoms. The van der Waals surface area contributed by atoms with Crippen LogP contribution in [0.15, 0.2) is 30.3 Å². The third kappa shape index (κ3) is 4.27. The Bertz CT molecular complexity index is 1100. The van der Waals surface area contributed by atoms with Gasteiger partial charge in [0.25, 0.3) is 5.91 Å². The molecular formula is C25H29ClN4O3. The second-order valence-electron chi connectivity index (χ2n) is 9.51. The molecule has 3 fully saturated rings. The molecule has 0 radical (unpaired) electrons. The van der Waals surface area contributed by atoms with Crippen molar-refractivity contribution in [2.45, 2.75) is 32.4 Å². The number of halogens is 1. The van der Waals surface area contributed by atoms with Crippen molar-refractivity contribution in [3.8, 4) is 0 Å². The molecule has 3 aliphatic heterocycles. The Kier molecular flexibility index (Phi) is 5.93. The fourth-order valence-electron chi connectivity index (χ4n) is 5.76. The summed E-state index contributed by atoms with van der Waals surface area (Å²) < 4.78 is 5.02. The van der Waals surface area contributed by atoms with Crippen molar-refractivity contribution in [2.75, 3.05) is 31.6 Å². The number of carbonyl (C=O) groups is 2. The van der Waals surface area contributed by atoms with Gasteiger partial charge in [0, 0.05) is 48.8 Å². The first kappa shape index (κ1) is 22.0. The van der Waals surface area contributed by atoms with Gasteiger partial charge < -0.3 is 19.9 Å². The molecule has 0 unspecified atom stereocenters. The number of likely N-dealkylation sites (tertiary alicyclic amines) is 1. The van der Waals surface area contributed by atoms with Crippen molar-refractivity contribution in [3.05, 3.63) is 52.8 Å². The van der Waals surface area contributed by atoms with Crippen LogP contribution in [0.3, 0.4) is 0 Å². The van der Waals surface area contributed by atoms with Crippen LogP contribution >= 0.6 is 12.4 Å². The number of aromatic nitrogens is 1. The second-order valence-corrected chi connectivity index (χ2v) is 9.51. The summed E-state index contributed by atoms with van der Waals surface area (Å²) in [6, 6.07) is 10.0. The van der Waals surface area contributed by atoms with Crippen LogP contribution < -0.4 is 5.32 Å². The Morgan fingerprint density at radius 2 is 1.88 bits per heavy atom. The molecule has 174 valence electrons. The normalized spacial score (nSPS) is 25.2. The van der Waals surface area contributed by atoms with Crippen LogP contribution in [0.1, 0.15) is 41.8 Å². The Labute approximate surface area is 199 Å². The van der Waals surface area contributed by atoms with Gasteiger partial charge in [-0.15, -0.1) is 12.4 Å². The summed E-state index contributed by atoms with van der Waals surface area (Å²) in [5.41, 5.74) is 5.45. The van der Waals surface area contributed by atoms with Gasteiger partial charge in [0.05, 0.1) is 12.1 Å². The number of aromatic amines is 1. The zero-order valence-corrected chi connectivity index (χ0v) is 19.3. The van der Waals surface area contributed by atoms with E-state index in [1.54, 1.807) is 4.90 Å². The molecule has 2 atom stereocenters. The smallest absolute Gasteiger partial charge is 0.410 e. The van der Waals surface area contributed by atoms with Gasteiger partial charge in [-0.2, -0.15) is 0 Å². The summed E-state index contributed by atoms with van der Waals surface area (Å²) in [5.74, 6) is 1.69. The second kappa shape index (κ2) is 8.88. The summed E-state index contributed by atoms with van der Waals surface area (Å²) in [5, 5.41) is 2.95. The minimum Gasteiger partial charge on any atom is -0.448 e. The van der Waals surface area contributed by atoms with Crippen molar-refractivity contribution in [2.24, 2.45) is 11.8 Å². The first-order chi connectivity index (χ1) is 15.6. The molecule has 0 spiro atoms. The number of carbonyl (C=O) groups excluding carboxylic acids is 2. The highest BCUT2D eigenvalue weighted by Crippen LogP contribution is 2.38. The van der Waals surface area contributed by atoms with Gasteiger partial charge in [-0.05, 0) is 60.6 Å². The van der Waals surface area contributed by atoms with Crippen LogP contribution in [0, 0.1) is 11.8 Å². The van der Waals surface area contributed by atoms with Gasteiger partial charge in [-0.1, -0.05) is 12.5 Å². The molecule has 1 aromatic heterocycles. The number of hydrogen-bond donors (Lipinski definition) is 2. The lowest BCUT2D eigenvalue weighted by Crippen LogP contribution is -2.23. The predicted octanol–water partition coefficient (Wildman–Crippen LogP) is 4.11. The zero-order chi connectivity index (χ0) is 21.7. The van der Waals surface area contributed by atoms with E-state index < -0.39 is 0 Å². The maximum atomic E-state index is 12.7. The van der Waals surface area contributed by atoms with Gasteiger partial charge >= 0.3 is 6.09 Å². The fraction of sp³-hybridized carbons (Fsp3) is 0.440. The fourth-order valence-corrected chi connectivity index (χ4v) is 5.76. The van der Waals surface area contributed by atoms with E-state index in [0.717, 1.165) is 40.9 Å². The minimum absolute atomic E-state index is 0. The molecule has 2 N–H and O–H groups in total. The number of hydrogen-bond acceptors (Lipinski definition) is 4. The van der Waals surface area contributed by atoms with Crippen LogP contribution in [0.5, 0.6) is 0 Å². The van der Waals surface area contributed by atoms with Gasteiger partial charge in [-0.25, -0.2) is 4.79 Å². The predicted molar refractivity (Wildman–Crippen MR) is 129 cm³/mol. The molecule has 6 rings (SSSR count). The van der Waals surface area contributed by atoms with Crippen molar-refractivity contribution in [1.82, 2.24) is 14.8 Å². The average Bonchev–Trinajstić information content (AvgIpc) is 3.57. The number of nitrogens with zero attached hydrogens (tertiary/aromatic N) is 2. The number of ether oxygens (including phenoxy) is 1. The molecule has 33 heavy (non-hydrogen) atoms. The van der Waals surface area contributed by atoms with E-state index in [0.29, 0.717) is 25.3 Å². The number of cyclic esters (lactones) is 1. The first-order valence-electron chi connectivity index (χ1n) is 11.6. The summed E-state index contributed by atoms with van der Waals surface area (Å²) >= 11 is 0. The molecule has 2 amide bonds. The molecule has 1 saturated carbocycles. The van der Waals surface area contributed by atoms with Crippen LogP contribution in [-0.2, 0) is 22.6 Å². The molecule has 7 nitrogen and oxygen atoms in total. The van der Waals surface area contributed by atoms with Crippen LogP contribution in [0.4, 0.5) is 10.5 Å². The van der Waals surface area contributed by atoms with Crippen LogP contribution in [0.25, 0.3) is 11.6 Å². The molecule has 4 heterocycles. The molecule has 0 bridgehead atoms. The number of benzene rings is 1. The molecule has 1 aromatic carbocycles.